The highest BCUT2D eigenvalue weighted by Crippen LogP contribution is 2.30. The summed E-state index contributed by atoms with van der Waals surface area (Å²) in [5.41, 5.74) is 0. The van der Waals surface area contributed by atoms with Gasteiger partial charge >= 0.3 is 0 Å². The van der Waals surface area contributed by atoms with Crippen LogP contribution in [0.2, 0.25) is 0 Å². The van der Waals surface area contributed by atoms with E-state index in [0.717, 1.165) is 17.1 Å². The quantitative estimate of drug-likeness (QED) is 0.913. The molecule has 1 fully saturated rings. The summed E-state index contributed by atoms with van der Waals surface area (Å²) in [6, 6.07) is 1.63. The standard InChI is InChI=1S/C15H24N2O3S2/c1-10-7-11(2)9-12(8-10)16-15(18)14-13(5-6-21-14)22(19,20)17(3)4/h5-6,10-12H,7-9H2,1-4H3,(H,16,18). The molecule has 1 amide bonds. The first kappa shape index (κ1) is 17.4. The Balaban J connectivity index is 2.16. The fourth-order valence-electron chi connectivity index (χ4n) is 3.18. The molecule has 1 N–H and O–H groups in total. The molecule has 2 rings (SSSR count). The van der Waals surface area contributed by atoms with Crippen LogP contribution in [0.15, 0.2) is 16.3 Å². The van der Waals surface area contributed by atoms with Crippen LogP contribution >= 0.6 is 11.3 Å². The van der Waals surface area contributed by atoms with E-state index in [9.17, 15) is 13.2 Å². The van der Waals surface area contributed by atoms with Crippen LogP contribution in [0.1, 0.15) is 42.8 Å². The number of thiophene rings is 1. The normalized spacial score (nSPS) is 26.1. The Hall–Kier alpha value is -0.920. The van der Waals surface area contributed by atoms with Gasteiger partial charge in [-0.05, 0) is 42.5 Å². The molecule has 1 aliphatic rings. The van der Waals surface area contributed by atoms with E-state index in [-0.39, 0.29) is 21.7 Å². The monoisotopic (exact) mass is 344 g/mol. The van der Waals surface area contributed by atoms with Gasteiger partial charge in [0.05, 0.1) is 0 Å². The van der Waals surface area contributed by atoms with Gasteiger partial charge in [-0.3, -0.25) is 4.79 Å². The molecule has 1 saturated carbocycles. The number of hydrogen-bond acceptors (Lipinski definition) is 4. The first-order chi connectivity index (χ1) is 10.2. The van der Waals surface area contributed by atoms with Crippen molar-refractivity contribution in [3.63, 3.8) is 0 Å². The largest absolute Gasteiger partial charge is 0.349 e. The third-order valence-corrected chi connectivity index (χ3v) is 7.01. The van der Waals surface area contributed by atoms with Crippen molar-refractivity contribution in [2.24, 2.45) is 11.8 Å². The Morgan fingerprint density at radius 2 is 1.82 bits per heavy atom. The number of amides is 1. The summed E-state index contributed by atoms with van der Waals surface area (Å²) in [5, 5.41) is 4.67. The molecular formula is C15H24N2O3S2. The molecule has 5 nitrogen and oxygen atoms in total. The minimum absolute atomic E-state index is 0.0944. The zero-order chi connectivity index (χ0) is 16.5. The molecule has 22 heavy (non-hydrogen) atoms. The maximum Gasteiger partial charge on any atom is 0.262 e. The molecule has 1 aromatic heterocycles. The summed E-state index contributed by atoms with van der Waals surface area (Å²) in [6.45, 7) is 4.39. The van der Waals surface area contributed by atoms with Crippen LogP contribution in [-0.4, -0.2) is 38.8 Å². The second kappa shape index (κ2) is 6.68. The van der Waals surface area contributed by atoms with Crippen LogP contribution in [0.3, 0.4) is 0 Å². The number of sulfonamides is 1. The Labute approximate surface area is 136 Å². The Kier molecular flexibility index (Phi) is 5.29. The third-order valence-electron chi connectivity index (χ3n) is 4.11. The molecule has 0 spiro atoms. The SMILES string of the molecule is CC1CC(C)CC(NC(=O)c2sccc2S(=O)(=O)N(C)C)C1. The molecule has 1 heterocycles. The van der Waals surface area contributed by atoms with Crippen molar-refractivity contribution in [3.05, 3.63) is 16.3 Å². The molecule has 2 atom stereocenters. The lowest BCUT2D eigenvalue weighted by atomic mass is 9.80. The summed E-state index contributed by atoms with van der Waals surface area (Å²) in [7, 11) is -0.646. The van der Waals surface area contributed by atoms with E-state index in [2.05, 4.69) is 19.2 Å². The smallest absolute Gasteiger partial charge is 0.262 e. The summed E-state index contributed by atoms with van der Waals surface area (Å²) in [5.74, 6) is 0.895. The average molecular weight is 345 g/mol. The van der Waals surface area contributed by atoms with Crippen molar-refractivity contribution >= 4 is 27.3 Å². The van der Waals surface area contributed by atoms with Crippen molar-refractivity contribution in [2.75, 3.05) is 14.1 Å². The van der Waals surface area contributed by atoms with Crippen molar-refractivity contribution in [1.29, 1.82) is 0 Å². The number of carbonyl (C=O) groups excluding carboxylic acids is 1. The fraction of sp³-hybridized carbons (Fsp3) is 0.667. The van der Waals surface area contributed by atoms with E-state index in [0.29, 0.717) is 11.8 Å². The van der Waals surface area contributed by atoms with E-state index < -0.39 is 10.0 Å². The van der Waals surface area contributed by atoms with Crippen LogP contribution in [0.25, 0.3) is 0 Å². The molecule has 0 bridgehead atoms. The topological polar surface area (TPSA) is 66.5 Å². The zero-order valence-corrected chi connectivity index (χ0v) is 15.1. The summed E-state index contributed by atoms with van der Waals surface area (Å²) in [4.78, 5) is 12.9. The van der Waals surface area contributed by atoms with Gasteiger partial charge in [-0.15, -0.1) is 11.3 Å². The zero-order valence-electron chi connectivity index (χ0n) is 13.5. The molecule has 1 aromatic rings. The van der Waals surface area contributed by atoms with Crippen molar-refractivity contribution in [1.82, 2.24) is 9.62 Å². The Bertz CT molecular complexity index is 627. The highest BCUT2D eigenvalue weighted by Gasteiger charge is 2.29. The first-order valence-electron chi connectivity index (χ1n) is 7.52. The van der Waals surface area contributed by atoms with Gasteiger partial charge in [0.1, 0.15) is 9.77 Å². The van der Waals surface area contributed by atoms with Crippen LogP contribution in [0, 0.1) is 11.8 Å². The van der Waals surface area contributed by atoms with Gasteiger partial charge in [-0.2, -0.15) is 0 Å². The maximum atomic E-state index is 12.5. The van der Waals surface area contributed by atoms with E-state index >= 15 is 0 Å². The second-order valence-corrected chi connectivity index (χ2v) is 9.53. The van der Waals surface area contributed by atoms with E-state index in [1.165, 1.54) is 37.9 Å². The van der Waals surface area contributed by atoms with Gasteiger partial charge in [0, 0.05) is 20.1 Å². The molecule has 2 unspecified atom stereocenters. The summed E-state index contributed by atoms with van der Waals surface area (Å²) in [6.07, 6.45) is 3.10. The molecule has 0 radical (unpaired) electrons. The van der Waals surface area contributed by atoms with Gasteiger partial charge in [-0.25, -0.2) is 12.7 Å². The minimum Gasteiger partial charge on any atom is -0.349 e. The Morgan fingerprint density at radius 1 is 1.23 bits per heavy atom. The molecule has 1 aliphatic carbocycles. The van der Waals surface area contributed by atoms with Crippen LogP contribution in [0.4, 0.5) is 0 Å². The second-order valence-electron chi connectivity index (χ2n) is 6.49. The fourth-order valence-corrected chi connectivity index (χ4v) is 5.38. The lowest BCUT2D eigenvalue weighted by molar-refractivity contribution is 0.0912. The summed E-state index contributed by atoms with van der Waals surface area (Å²) >= 11 is 1.17. The lowest BCUT2D eigenvalue weighted by Crippen LogP contribution is -2.40. The first-order valence-corrected chi connectivity index (χ1v) is 9.84. The Morgan fingerprint density at radius 3 is 2.36 bits per heavy atom. The number of nitrogens with one attached hydrogen (secondary N) is 1. The van der Waals surface area contributed by atoms with Gasteiger partial charge < -0.3 is 5.32 Å². The highest BCUT2D eigenvalue weighted by atomic mass is 32.2. The highest BCUT2D eigenvalue weighted by molar-refractivity contribution is 7.89. The number of nitrogens with zero attached hydrogens (tertiary/aromatic N) is 1. The van der Waals surface area contributed by atoms with Gasteiger partial charge in [-0.1, -0.05) is 13.8 Å². The lowest BCUT2D eigenvalue weighted by Gasteiger charge is -2.31. The van der Waals surface area contributed by atoms with E-state index in [1.54, 1.807) is 5.38 Å². The molecule has 0 aromatic carbocycles. The maximum absolute atomic E-state index is 12.5. The predicted octanol–water partition coefficient (Wildman–Crippen LogP) is 2.55. The third kappa shape index (κ3) is 3.70. The minimum atomic E-state index is -3.59. The van der Waals surface area contributed by atoms with Crippen molar-refractivity contribution in [2.45, 2.75) is 44.0 Å². The van der Waals surface area contributed by atoms with E-state index in [4.69, 9.17) is 0 Å². The van der Waals surface area contributed by atoms with Crippen LogP contribution in [0.5, 0.6) is 0 Å². The summed E-state index contributed by atoms with van der Waals surface area (Å²) < 4.78 is 25.7. The molecule has 124 valence electrons. The number of rotatable bonds is 4. The van der Waals surface area contributed by atoms with Crippen molar-refractivity contribution < 1.29 is 13.2 Å². The number of carbonyl (C=O) groups is 1. The van der Waals surface area contributed by atoms with E-state index in [1.807, 2.05) is 0 Å². The molecule has 0 saturated heterocycles. The molecule has 7 heteroatoms. The van der Waals surface area contributed by atoms with Crippen LogP contribution in [-0.2, 0) is 10.0 Å². The molecule has 0 aliphatic heterocycles. The predicted molar refractivity (Wildman–Crippen MR) is 88.6 cm³/mol. The molecular weight excluding hydrogens is 320 g/mol. The number of hydrogen-bond donors (Lipinski definition) is 1. The average Bonchev–Trinajstić information content (AvgIpc) is 2.86. The van der Waals surface area contributed by atoms with Gasteiger partial charge in [0.15, 0.2) is 0 Å². The van der Waals surface area contributed by atoms with Crippen molar-refractivity contribution in [3.8, 4) is 0 Å². The van der Waals surface area contributed by atoms with Gasteiger partial charge in [0.25, 0.3) is 5.91 Å². The van der Waals surface area contributed by atoms with Crippen LogP contribution < -0.4 is 5.32 Å². The van der Waals surface area contributed by atoms with Gasteiger partial charge in [0.2, 0.25) is 10.0 Å².